The summed E-state index contributed by atoms with van der Waals surface area (Å²) in [5.41, 5.74) is -0.196. The number of carboxylic acids is 1. The lowest BCUT2D eigenvalue weighted by Crippen LogP contribution is -2.06. The maximum Gasteiger partial charge on any atom is 0.416 e. The van der Waals surface area contributed by atoms with E-state index in [2.05, 4.69) is 4.99 Å². The molecular weight excluding hydrogens is 339 g/mol. The zero-order valence-electron chi connectivity index (χ0n) is 13.6. The van der Waals surface area contributed by atoms with Gasteiger partial charge >= 0.3 is 12.1 Å². The van der Waals surface area contributed by atoms with Crippen LogP contribution in [-0.4, -0.2) is 23.2 Å². The molecule has 0 aromatic heterocycles. The van der Waals surface area contributed by atoms with Crippen LogP contribution in [0, 0.1) is 0 Å². The van der Waals surface area contributed by atoms with Crippen molar-refractivity contribution in [3.05, 3.63) is 46.4 Å². The Hall–Kier alpha value is -1.76. The molecule has 132 valence electrons. The van der Waals surface area contributed by atoms with Crippen molar-refractivity contribution in [3.63, 3.8) is 0 Å². The number of aliphatic imine (C=N–C) groups is 1. The van der Waals surface area contributed by atoms with Gasteiger partial charge in [-0.15, -0.1) is 0 Å². The Kier molecular flexibility index (Phi) is 8.04. The summed E-state index contributed by atoms with van der Waals surface area (Å²) in [5, 5.41) is 9.50. The van der Waals surface area contributed by atoms with Gasteiger partial charge in [-0.3, -0.25) is 9.79 Å². The molecule has 1 aromatic carbocycles. The molecule has 0 unspecified atom stereocenters. The van der Waals surface area contributed by atoms with Crippen molar-refractivity contribution in [2.75, 3.05) is 7.05 Å². The van der Waals surface area contributed by atoms with Gasteiger partial charge in [0.1, 0.15) is 5.04 Å². The molecule has 0 spiro atoms. The molecule has 0 radical (unpaired) electrons. The van der Waals surface area contributed by atoms with E-state index in [0.717, 1.165) is 31.4 Å². The van der Waals surface area contributed by atoms with Gasteiger partial charge in [0, 0.05) is 12.6 Å². The summed E-state index contributed by atoms with van der Waals surface area (Å²) in [6.45, 7) is 2.04. The molecule has 0 bridgehead atoms. The van der Waals surface area contributed by atoms with Crippen molar-refractivity contribution in [2.45, 2.75) is 38.8 Å². The number of benzene rings is 1. The molecule has 0 aliphatic rings. The highest BCUT2D eigenvalue weighted by Gasteiger charge is 2.30. The predicted molar refractivity (Wildman–Crippen MR) is 91.4 cm³/mol. The van der Waals surface area contributed by atoms with Crippen molar-refractivity contribution >= 4 is 22.8 Å². The fraction of sp³-hybridized carbons (Fsp3) is 0.412. The second-order valence-corrected chi connectivity index (χ2v) is 6.20. The number of hydrogen-bond donors (Lipinski definition) is 1. The number of thioether (sulfide) groups is 1. The van der Waals surface area contributed by atoms with Crippen LogP contribution in [0.25, 0.3) is 0 Å². The highest BCUT2D eigenvalue weighted by atomic mass is 32.2. The van der Waals surface area contributed by atoms with E-state index in [9.17, 15) is 18.0 Å². The number of hydrogen-bond acceptors (Lipinski definition) is 3. The van der Waals surface area contributed by atoms with E-state index in [1.54, 1.807) is 0 Å². The maximum absolute atomic E-state index is 12.6. The summed E-state index contributed by atoms with van der Waals surface area (Å²) in [6, 6.07) is 4.70. The third-order valence-electron chi connectivity index (χ3n) is 3.15. The molecule has 1 rings (SSSR count). The predicted octanol–water partition coefficient (Wildman–Crippen LogP) is 5.36. The number of unbranched alkanes of at least 4 members (excludes halogenated alkanes) is 2. The van der Waals surface area contributed by atoms with Gasteiger partial charge in [-0.1, -0.05) is 49.7 Å². The minimum atomic E-state index is -4.39. The van der Waals surface area contributed by atoms with Crippen LogP contribution < -0.4 is 0 Å². The third-order valence-corrected chi connectivity index (χ3v) is 4.33. The Labute approximate surface area is 143 Å². The second kappa shape index (κ2) is 9.52. The lowest BCUT2D eigenvalue weighted by molar-refractivity contribution is -0.138. The summed E-state index contributed by atoms with van der Waals surface area (Å²) in [5.74, 6) is -0.951. The number of rotatable bonds is 7. The van der Waals surface area contributed by atoms with E-state index in [4.69, 9.17) is 5.11 Å². The van der Waals surface area contributed by atoms with Gasteiger partial charge in [0.2, 0.25) is 0 Å². The molecule has 0 aliphatic carbocycles. The van der Waals surface area contributed by atoms with Gasteiger partial charge in [-0.2, -0.15) is 13.2 Å². The van der Waals surface area contributed by atoms with Crippen LogP contribution in [0.2, 0.25) is 0 Å². The fourth-order valence-corrected chi connectivity index (χ4v) is 2.92. The molecule has 0 atom stereocenters. The SMILES string of the molecule is CCCC/C=C(\CC(=O)O)SC(=NC)c1ccc(C(F)(F)F)cc1. The zero-order valence-corrected chi connectivity index (χ0v) is 14.4. The minimum absolute atomic E-state index is 0.131. The molecule has 0 saturated carbocycles. The molecule has 0 saturated heterocycles. The first kappa shape index (κ1) is 20.3. The van der Waals surface area contributed by atoms with Gasteiger partial charge in [0.15, 0.2) is 0 Å². The first-order chi connectivity index (χ1) is 11.3. The first-order valence-electron chi connectivity index (χ1n) is 7.51. The van der Waals surface area contributed by atoms with Crippen LogP contribution >= 0.6 is 11.8 Å². The van der Waals surface area contributed by atoms with Crippen molar-refractivity contribution < 1.29 is 23.1 Å². The Morgan fingerprint density at radius 2 is 1.92 bits per heavy atom. The second-order valence-electron chi connectivity index (χ2n) is 5.09. The van der Waals surface area contributed by atoms with Crippen LogP contribution in [0.5, 0.6) is 0 Å². The first-order valence-corrected chi connectivity index (χ1v) is 8.32. The van der Waals surface area contributed by atoms with E-state index in [1.807, 2.05) is 13.0 Å². The number of alkyl halides is 3. The molecule has 0 amide bonds. The standard InChI is InChI=1S/C17H20F3NO2S/c1-3-4-5-6-14(11-15(22)23)24-16(21-2)12-7-9-13(10-8-12)17(18,19)20/h6-10H,3-5,11H2,1-2H3,(H,22,23)/b14-6+,21-16?. The molecule has 0 fully saturated rings. The van der Waals surface area contributed by atoms with Crippen molar-refractivity contribution in [1.82, 2.24) is 0 Å². The monoisotopic (exact) mass is 359 g/mol. The van der Waals surface area contributed by atoms with Crippen LogP contribution in [0.4, 0.5) is 13.2 Å². The van der Waals surface area contributed by atoms with Gasteiger partial charge in [-0.05, 0) is 23.5 Å². The Balaban J connectivity index is 2.94. The normalized spacial score (nSPS) is 13.2. The average Bonchev–Trinajstić information content (AvgIpc) is 2.51. The lowest BCUT2D eigenvalue weighted by atomic mass is 10.1. The quantitative estimate of drug-likeness (QED) is 0.405. The summed E-state index contributed by atoms with van der Waals surface area (Å²) < 4.78 is 37.9. The summed E-state index contributed by atoms with van der Waals surface area (Å²) >= 11 is 1.18. The molecule has 7 heteroatoms. The van der Waals surface area contributed by atoms with Crippen molar-refractivity contribution in [1.29, 1.82) is 0 Å². The number of nitrogens with zero attached hydrogens (tertiary/aromatic N) is 1. The topological polar surface area (TPSA) is 49.7 Å². The van der Waals surface area contributed by atoms with E-state index in [0.29, 0.717) is 15.5 Å². The Morgan fingerprint density at radius 1 is 1.29 bits per heavy atom. The smallest absolute Gasteiger partial charge is 0.416 e. The molecule has 0 aliphatic heterocycles. The number of allylic oxidation sites excluding steroid dienone is 1. The third kappa shape index (κ3) is 6.78. The highest BCUT2D eigenvalue weighted by molar-refractivity contribution is 8.17. The van der Waals surface area contributed by atoms with Crippen LogP contribution in [0.1, 0.15) is 43.7 Å². The van der Waals surface area contributed by atoms with E-state index in [1.165, 1.54) is 30.9 Å². The van der Waals surface area contributed by atoms with Crippen molar-refractivity contribution in [2.24, 2.45) is 4.99 Å². The van der Waals surface area contributed by atoms with E-state index < -0.39 is 17.7 Å². The number of carbonyl (C=O) groups is 1. The summed E-state index contributed by atoms with van der Waals surface area (Å²) in [6.07, 6.45) is 0.0448. The number of carboxylic acid groups (broad SMARTS) is 1. The molecule has 1 N–H and O–H groups in total. The van der Waals surface area contributed by atoms with Gasteiger partial charge < -0.3 is 5.11 Å². The molecule has 1 aromatic rings. The minimum Gasteiger partial charge on any atom is -0.481 e. The van der Waals surface area contributed by atoms with Crippen molar-refractivity contribution in [3.8, 4) is 0 Å². The van der Waals surface area contributed by atoms with E-state index >= 15 is 0 Å². The molecule has 24 heavy (non-hydrogen) atoms. The molecule has 0 heterocycles. The van der Waals surface area contributed by atoms with Gasteiger partial charge in [0.05, 0.1) is 12.0 Å². The number of halogens is 3. The largest absolute Gasteiger partial charge is 0.481 e. The zero-order chi connectivity index (χ0) is 18.2. The molecular formula is C17H20F3NO2S. The average molecular weight is 359 g/mol. The van der Waals surface area contributed by atoms with Crippen LogP contribution in [0.3, 0.4) is 0 Å². The van der Waals surface area contributed by atoms with Crippen LogP contribution in [-0.2, 0) is 11.0 Å². The van der Waals surface area contributed by atoms with Gasteiger partial charge in [0.25, 0.3) is 0 Å². The van der Waals surface area contributed by atoms with Gasteiger partial charge in [-0.25, -0.2) is 0 Å². The Bertz CT molecular complexity index is 607. The lowest BCUT2D eigenvalue weighted by Gasteiger charge is -2.10. The summed E-state index contributed by atoms with van der Waals surface area (Å²) in [4.78, 5) is 15.7. The highest BCUT2D eigenvalue weighted by Crippen LogP contribution is 2.31. The number of aliphatic carboxylic acids is 1. The van der Waals surface area contributed by atoms with E-state index in [-0.39, 0.29) is 6.42 Å². The maximum atomic E-state index is 12.6. The summed E-state index contributed by atoms with van der Waals surface area (Å²) in [7, 11) is 1.53. The Morgan fingerprint density at radius 3 is 2.38 bits per heavy atom. The van der Waals surface area contributed by atoms with Crippen LogP contribution in [0.15, 0.2) is 40.2 Å². The fourth-order valence-electron chi connectivity index (χ4n) is 1.93. The molecule has 3 nitrogen and oxygen atoms in total.